The van der Waals surface area contributed by atoms with Crippen molar-refractivity contribution in [3.8, 4) is 28.3 Å². The largest absolute Gasteiger partial charge is 0.313 e. The van der Waals surface area contributed by atoms with Gasteiger partial charge in [0.25, 0.3) is 0 Å². The van der Waals surface area contributed by atoms with Gasteiger partial charge in [0, 0.05) is 50.2 Å². The molecule has 3 aromatic heterocycles. The summed E-state index contributed by atoms with van der Waals surface area (Å²) in [6.45, 7) is 8.21. The summed E-state index contributed by atoms with van der Waals surface area (Å²) in [5, 5.41) is 2.41. The number of nitrogens with zero attached hydrogens (tertiary/aromatic N) is 4. The number of benzene rings is 5. The molecule has 0 amide bonds. The number of para-hydroxylation sites is 2. The van der Waals surface area contributed by atoms with E-state index in [9.17, 15) is 0 Å². The maximum Gasteiger partial charge on any atom is 0.160 e. The first-order valence-electron chi connectivity index (χ1n) is 20.1. The van der Waals surface area contributed by atoms with Gasteiger partial charge >= 0.3 is 0 Å². The molecule has 0 unspecified atom stereocenters. The smallest absolute Gasteiger partial charge is 0.160 e. The van der Waals surface area contributed by atoms with Crippen LogP contribution in [0.15, 0.2) is 201 Å². The number of rotatable bonds is 10. The summed E-state index contributed by atoms with van der Waals surface area (Å²) in [5.74, 6) is 0.702. The molecule has 8 aromatic rings. The Morgan fingerprint density at radius 3 is 2.07 bits per heavy atom. The molecule has 0 saturated carbocycles. The van der Waals surface area contributed by atoms with Crippen LogP contribution in [-0.4, -0.2) is 19.1 Å². The van der Waals surface area contributed by atoms with E-state index in [4.69, 9.17) is 9.97 Å². The Morgan fingerprint density at radius 2 is 1.31 bits per heavy atom. The van der Waals surface area contributed by atoms with Crippen molar-refractivity contribution in [3.63, 3.8) is 0 Å². The van der Waals surface area contributed by atoms with Crippen LogP contribution >= 0.6 is 0 Å². The maximum absolute atomic E-state index is 5.26. The lowest BCUT2D eigenvalue weighted by Gasteiger charge is -2.13. The minimum absolute atomic E-state index is 0.669. The SMILES string of the molecule is C=C/C=C\c1cc2ccccc2n1C1=CCC(c2cc(-c3ccccc3)nc(-c3ccccc3)n2)=CC(c2ccc(-n3c(C)c(/C=C\C=C/C)c4ccccc43)cc2)=C1. The first-order chi connectivity index (χ1) is 29.1. The molecule has 284 valence electrons. The summed E-state index contributed by atoms with van der Waals surface area (Å²) in [7, 11) is 0. The fourth-order valence-corrected chi connectivity index (χ4v) is 8.06. The molecule has 0 saturated heterocycles. The van der Waals surface area contributed by atoms with Gasteiger partial charge < -0.3 is 9.13 Å². The van der Waals surface area contributed by atoms with E-state index in [0.717, 1.165) is 61.8 Å². The van der Waals surface area contributed by atoms with Crippen LogP contribution in [0.3, 0.4) is 0 Å². The van der Waals surface area contributed by atoms with Crippen LogP contribution in [-0.2, 0) is 0 Å². The third-order valence-electron chi connectivity index (χ3n) is 10.9. The van der Waals surface area contributed by atoms with Gasteiger partial charge in [0.1, 0.15) is 0 Å². The van der Waals surface area contributed by atoms with Crippen LogP contribution in [0.5, 0.6) is 0 Å². The summed E-state index contributed by atoms with van der Waals surface area (Å²) >= 11 is 0. The average Bonchev–Trinajstić information content (AvgIpc) is 3.70. The normalized spacial score (nSPS) is 13.4. The van der Waals surface area contributed by atoms with Crippen molar-refractivity contribution in [2.75, 3.05) is 0 Å². The summed E-state index contributed by atoms with van der Waals surface area (Å²) in [4.78, 5) is 10.4. The Hall–Kier alpha value is -7.56. The van der Waals surface area contributed by atoms with Gasteiger partial charge in [-0.3, -0.25) is 0 Å². The summed E-state index contributed by atoms with van der Waals surface area (Å²) in [6, 6.07) is 51.2. The fraction of sp³-hybridized carbons (Fsp3) is 0.0545. The van der Waals surface area contributed by atoms with E-state index in [0.29, 0.717) is 12.2 Å². The monoisotopic (exact) mass is 760 g/mol. The predicted molar refractivity (Wildman–Crippen MR) is 251 cm³/mol. The second-order valence-electron chi connectivity index (χ2n) is 14.6. The van der Waals surface area contributed by atoms with Crippen molar-refractivity contribution in [3.05, 3.63) is 229 Å². The van der Waals surface area contributed by atoms with E-state index >= 15 is 0 Å². The molecule has 1 aliphatic rings. The highest BCUT2D eigenvalue weighted by molar-refractivity contribution is 5.96. The number of hydrogen-bond acceptors (Lipinski definition) is 2. The van der Waals surface area contributed by atoms with E-state index in [1.807, 2.05) is 43.3 Å². The molecule has 0 spiro atoms. The molecule has 0 fully saturated rings. The molecular weight excluding hydrogens is 717 g/mol. The summed E-state index contributed by atoms with van der Waals surface area (Å²) < 4.78 is 4.72. The molecule has 9 rings (SSSR count). The molecule has 0 N–H and O–H groups in total. The Labute approximate surface area is 346 Å². The van der Waals surface area contributed by atoms with Gasteiger partial charge in [0.15, 0.2) is 5.82 Å². The molecule has 4 heteroatoms. The van der Waals surface area contributed by atoms with Gasteiger partial charge in [-0.2, -0.15) is 0 Å². The third kappa shape index (κ3) is 7.40. The minimum atomic E-state index is 0.669. The Balaban J connectivity index is 1.21. The predicted octanol–water partition coefficient (Wildman–Crippen LogP) is 14.2. The van der Waals surface area contributed by atoms with Crippen LogP contribution in [0.1, 0.15) is 41.6 Å². The number of hydrogen-bond donors (Lipinski definition) is 0. The minimum Gasteiger partial charge on any atom is -0.313 e. The lowest BCUT2D eigenvalue weighted by atomic mass is 9.99. The number of fused-ring (bicyclic) bond motifs is 2. The maximum atomic E-state index is 5.26. The zero-order valence-electron chi connectivity index (χ0n) is 33.3. The lowest BCUT2D eigenvalue weighted by molar-refractivity contribution is 1.05. The molecule has 3 heterocycles. The summed E-state index contributed by atoms with van der Waals surface area (Å²) in [5.41, 5.74) is 15.2. The second kappa shape index (κ2) is 16.5. The fourth-order valence-electron chi connectivity index (χ4n) is 8.06. The number of allylic oxidation sites excluding steroid dienone is 11. The van der Waals surface area contributed by atoms with E-state index < -0.39 is 0 Å². The molecule has 0 aliphatic heterocycles. The van der Waals surface area contributed by atoms with Crippen LogP contribution in [0.4, 0.5) is 0 Å². The van der Waals surface area contributed by atoms with Crippen molar-refractivity contribution < 1.29 is 0 Å². The zero-order valence-corrected chi connectivity index (χ0v) is 33.3. The van der Waals surface area contributed by atoms with Crippen molar-refractivity contribution >= 4 is 50.8 Å². The Bertz CT molecular complexity index is 2960. The quantitative estimate of drug-likeness (QED) is 0.130. The van der Waals surface area contributed by atoms with Crippen LogP contribution in [0.25, 0.3) is 79.1 Å². The van der Waals surface area contributed by atoms with Crippen molar-refractivity contribution in [2.24, 2.45) is 0 Å². The molecule has 4 nitrogen and oxygen atoms in total. The zero-order chi connectivity index (χ0) is 40.1. The molecular formula is C55H44N4. The van der Waals surface area contributed by atoms with Gasteiger partial charge in [-0.1, -0.05) is 158 Å². The third-order valence-corrected chi connectivity index (χ3v) is 10.9. The summed E-state index contributed by atoms with van der Waals surface area (Å²) in [6.07, 6.45) is 22.0. The van der Waals surface area contributed by atoms with Crippen LogP contribution in [0, 0.1) is 6.92 Å². The van der Waals surface area contributed by atoms with E-state index in [1.54, 1.807) is 0 Å². The lowest BCUT2D eigenvalue weighted by Crippen LogP contribution is -1.99. The van der Waals surface area contributed by atoms with E-state index in [-0.39, 0.29) is 0 Å². The molecule has 0 atom stereocenters. The Kier molecular flexibility index (Phi) is 10.4. The van der Waals surface area contributed by atoms with Crippen LogP contribution < -0.4 is 0 Å². The second-order valence-corrected chi connectivity index (χ2v) is 14.6. The van der Waals surface area contributed by atoms with Crippen molar-refractivity contribution in [2.45, 2.75) is 20.3 Å². The molecule has 5 aromatic carbocycles. The van der Waals surface area contributed by atoms with Gasteiger partial charge in [0.2, 0.25) is 0 Å². The first kappa shape index (κ1) is 37.0. The standard InChI is InChI=1S/C55H44N4/c1-4-6-10-25-49-39(3)58(54-28-18-16-26-50(49)54)46-32-29-40(30-33-46)45-35-43(31-34-48(37-45)59-47(24-7-5-2)36-44-23-15-17-27-53(44)59)52-38-51(41-19-11-8-12-20-41)56-55(57-52)42-21-13-9-14-22-42/h4-30,32-38H,2,31H2,1,3H3/b6-4-,24-7-,25-10-. The van der Waals surface area contributed by atoms with Gasteiger partial charge in [0.05, 0.1) is 22.4 Å². The van der Waals surface area contributed by atoms with Gasteiger partial charge in [-0.25, -0.2) is 9.97 Å². The molecule has 1 aliphatic carbocycles. The van der Waals surface area contributed by atoms with Gasteiger partial charge in [-0.05, 0) is 91.6 Å². The highest BCUT2D eigenvalue weighted by atomic mass is 15.0. The highest BCUT2D eigenvalue weighted by Gasteiger charge is 2.19. The average molecular weight is 761 g/mol. The number of aromatic nitrogens is 4. The topological polar surface area (TPSA) is 35.6 Å². The Morgan fingerprint density at radius 1 is 0.610 bits per heavy atom. The van der Waals surface area contributed by atoms with Crippen molar-refractivity contribution in [1.82, 2.24) is 19.1 Å². The van der Waals surface area contributed by atoms with Crippen molar-refractivity contribution in [1.29, 1.82) is 0 Å². The van der Waals surface area contributed by atoms with Crippen LogP contribution in [0.2, 0.25) is 0 Å². The van der Waals surface area contributed by atoms with Gasteiger partial charge in [-0.15, -0.1) is 0 Å². The van der Waals surface area contributed by atoms with E-state index in [2.05, 4.69) is 193 Å². The van der Waals surface area contributed by atoms with E-state index in [1.165, 1.54) is 27.5 Å². The highest BCUT2D eigenvalue weighted by Crippen LogP contribution is 2.37. The molecule has 0 radical (unpaired) electrons. The molecule has 0 bridgehead atoms. The molecule has 59 heavy (non-hydrogen) atoms. The first-order valence-corrected chi connectivity index (χ1v) is 20.1.